The van der Waals surface area contributed by atoms with Gasteiger partial charge in [0.1, 0.15) is 41.6 Å². The molecule has 6 N–H and O–H groups in total. The van der Waals surface area contributed by atoms with Gasteiger partial charge in [-0.2, -0.15) is 5.26 Å². The molecule has 5 unspecified atom stereocenters. The number of anilines is 1. The maximum atomic E-state index is 9.59. The molecule has 5 atom stereocenters. The Bertz CT molecular complexity index is 1320. The fourth-order valence-corrected chi connectivity index (χ4v) is 6.17. The van der Waals surface area contributed by atoms with Gasteiger partial charge in [0, 0.05) is 22.7 Å². The molecular weight excluding hydrogens is 534 g/mol. The average molecular weight is 558 g/mol. The smallest absolute Gasteiger partial charge is 0.180 e. The van der Waals surface area contributed by atoms with Crippen LogP contribution in [0, 0.1) is 11.3 Å². The van der Waals surface area contributed by atoms with Crippen LogP contribution in [0.4, 0.5) is 5.13 Å². The summed E-state index contributed by atoms with van der Waals surface area (Å²) in [5.74, 6) is 6.59. The highest BCUT2D eigenvalue weighted by molar-refractivity contribution is 7.99. The molecule has 10 nitrogen and oxygen atoms in total. The first kappa shape index (κ1) is 25.7. The van der Waals surface area contributed by atoms with Crippen LogP contribution in [0.25, 0.3) is 5.70 Å². The van der Waals surface area contributed by atoms with Crippen LogP contribution in [0.15, 0.2) is 59.1 Å². The largest absolute Gasteiger partial charge is 0.396 e. The van der Waals surface area contributed by atoms with Gasteiger partial charge in [0.05, 0.1) is 23.9 Å². The average Bonchev–Trinajstić information content (AvgIpc) is 3.32. The number of aromatic nitrogens is 2. The number of pyridine rings is 1. The molecule has 2 aliphatic rings. The van der Waals surface area contributed by atoms with Gasteiger partial charge in [0.15, 0.2) is 10.8 Å². The number of hydrogen-bond donors (Lipinski definition) is 3. The second-order valence-electron chi connectivity index (χ2n) is 8.43. The highest BCUT2D eigenvalue weighted by Crippen LogP contribution is 2.41. The number of ether oxygens (including phenoxy) is 3. The Kier molecular flexibility index (Phi) is 7.82. The third kappa shape index (κ3) is 5.68. The number of thiazole rings is 1. The molecule has 0 saturated carbocycles. The van der Waals surface area contributed by atoms with E-state index in [1.807, 2.05) is 30.3 Å². The maximum absolute atomic E-state index is 9.59. The second kappa shape index (κ2) is 11.2. The number of benzene rings is 1. The summed E-state index contributed by atoms with van der Waals surface area (Å²) in [6, 6.07) is 13.1. The lowest BCUT2D eigenvalue weighted by molar-refractivity contribution is -0.277. The zero-order chi connectivity index (χ0) is 25.9. The van der Waals surface area contributed by atoms with Crippen LogP contribution in [0.3, 0.4) is 0 Å². The Labute approximate surface area is 226 Å². The van der Waals surface area contributed by atoms with Crippen molar-refractivity contribution in [3.63, 3.8) is 0 Å². The van der Waals surface area contributed by atoms with E-state index in [4.69, 9.17) is 43.1 Å². The summed E-state index contributed by atoms with van der Waals surface area (Å²) in [5, 5.41) is 13.7. The lowest BCUT2D eigenvalue weighted by Crippen LogP contribution is -2.70. The number of nitrogens with two attached hydrogens (primary N) is 3. The Morgan fingerprint density at radius 2 is 2.19 bits per heavy atom. The molecule has 13 heteroatoms. The SMILES string of the molecule is N#Cc1ncc(Cl)cc1SC1OC2COC2C(N(N)/C=C(\N)c2csc(N)n2)C1OCc1ccccc1. The van der Waals surface area contributed by atoms with Crippen molar-refractivity contribution in [2.45, 2.75) is 41.3 Å². The van der Waals surface area contributed by atoms with Crippen LogP contribution in [-0.4, -0.2) is 51.4 Å². The van der Waals surface area contributed by atoms with Crippen molar-refractivity contribution in [1.29, 1.82) is 5.26 Å². The fraction of sp³-hybridized carbons (Fsp3) is 0.292. The number of thioether (sulfide) groups is 1. The molecule has 0 bridgehead atoms. The zero-order valence-electron chi connectivity index (χ0n) is 19.4. The minimum atomic E-state index is -0.577. The van der Waals surface area contributed by atoms with Gasteiger partial charge in [-0.1, -0.05) is 53.7 Å². The van der Waals surface area contributed by atoms with E-state index in [1.165, 1.54) is 34.3 Å². The third-order valence-electron chi connectivity index (χ3n) is 5.97. The Hall–Kier alpha value is -2.89. The summed E-state index contributed by atoms with van der Waals surface area (Å²) in [4.78, 5) is 8.96. The van der Waals surface area contributed by atoms with Gasteiger partial charge in [-0.3, -0.25) is 0 Å². The molecule has 0 radical (unpaired) electrons. The summed E-state index contributed by atoms with van der Waals surface area (Å²) >= 11 is 8.80. The highest BCUT2D eigenvalue weighted by atomic mass is 35.5. The number of nitrogens with zero attached hydrogens (tertiary/aromatic N) is 4. The molecule has 1 aromatic carbocycles. The molecule has 5 rings (SSSR count). The van der Waals surface area contributed by atoms with Crippen LogP contribution in [0.1, 0.15) is 17.0 Å². The summed E-state index contributed by atoms with van der Waals surface area (Å²) in [7, 11) is 0. The predicted octanol–water partition coefficient (Wildman–Crippen LogP) is 2.95. The number of nitriles is 1. The van der Waals surface area contributed by atoms with Gasteiger partial charge in [-0.05, 0) is 11.6 Å². The van der Waals surface area contributed by atoms with E-state index in [2.05, 4.69) is 16.0 Å². The molecule has 3 aromatic rings. The summed E-state index contributed by atoms with van der Waals surface area (Å²) in [5.41, 5.74) is 13.6. The Morgan fingerprint density at radius 1 is 1.38 bits per heavy atom. The molecule has 0 spiro atoms. The molecule has 0 amide bonds. The van der Waals surface area contributed by atoms with Crippen LogP contribution >= 0.6 is 34.7 Å². The maximum Gasteiger partial charge on any atom is 0.180 e. The van der Waals surface area contributed by atoms with Gasteiger partial charge in [-0.15, -0.1) is 11.3 Å². The van der Waals surface area contributed by atoms with Gasteiger partial charge >= 0.3 is 0 Å². The van der Waals surface area contributed by atoms with Crippen molar-refractivity contribution in [1.82, 2.24) is 15.0 Å². The lowest BCUT2D eigenvalue weighted by atomic mass is 9.92. The van der Waals surface area contributed by atoms with E-state index < -0.39 is 17.6 Å². The molecular formula is C24H24ClN7O3S2. The number of rotatable bonds is 8. The number of halogens is 1. The van der Waals surface area contributed by atoms with E-state index in [0.29, 0.717) is 39.7 Å². The number of hydrazine groups is 1. The molecule has 2 fully saturated rings. The Morgan fingerprint density at radius 3 is 2.86 bits per heavy atom. The summed E-state index contributed by atoms with van der Waals surface area (Å²) < 4.78 is 18.7. The van der Waals surface area contributed by atoms with Crippen molar-refractivity contribution in [3.05, 3.63) is 76.1 Å². The van der Waals surface area contributed by atoms with E-state index in [9.17, 15) is 5.26 Å². The van der Waals surface area contributed by atoms with E-state index >= 15 is 0 Å². The van der Waals surface area contributed by atoms with Crippen LogP contribution < -0.4 is 17.3 Å². The lowest BCUT2D eigenvalue weighted by Gasteiger charge is -2.53. The fourth-order valence-electron chi connectivity index (χ4n) is 4.15. The van der Waals surface area contributed by atoms with Crippen LogP contribution in [-0.2, 0) is 20.8 Å². The van der Waals surface area contributed by atoms with Crippen molar-refractivity contribution < 1.29 is 14.2 Å². The normalized spacial score (nSPS) is 25.1. The predicted molar refractivity (Wildman–Crippen MR) is 142 cm³/mol. The van der Waals surface area contributed by atoms with Crippen molar-refractivity contribution in [3.8, 4) is 6.07 Å². The van der Waals surface area contributed by atoms with Crippen LogP contribution in [0.5, 0.6) is 0 Å². The first-order valence-electron chi connectivity index (χ1n) is 11.3. The molecule has 4 heterocycles. The van der Waals surface area contributed by atoms with Gasteiger partial charge < -0.3 is 30.7 Å². The molecule has 192 valence electrons. The van der Waals surface area contributed by atoms with Gasteiger partial charge in [0.2, 0.25) is 0 Å². The first-order valence-corrected chi connectivity index (χ1v) is 13.4. The highest BCUT2D eigenvalue weighted by Gasteiger charge is 2.54. The summed E-state index contributed by atoms with van der Waals surface area (Å²) in [6.45, 7) is 0.729. The van der Waals surface area contributed by atoms with Crippen molar-refractivity contribution in [2.75, 3.05) is 12.3 Å². The van der Waals surface area contributed by atoms with Gasteiger partial charge in [0.25, 0.3) is 0 Å². The van der Waals surface area contributed by atoms with Crippen LogP contribution in [0.2, 0.25) is 5.02 Å². The minimum absolute atomic E-state index is 0.215. The molecule has 2 aliphatic heterocycles. The molecule has 0 aliphatic carbocycles. The Balaban J connectivity index is 1.46. The third-order valence-corrected chi connectivity index (χ3v) is 8.03. The zero-order valence-corrected chi connectivity index (χ0v) is 21.8. The molecule has 2 saturated heterocycles. The van der Waals surface area contributed by atoms with Crippen molar-refractivity contribution >= 4 is 45.5 Å². The molecule has 37 heavy (non-hydrogen) atoms. The number of nitrogen functional groups attached to an aromatic ring is 1. The van der Waals surface area contributed by atoms with E-state index in [-0.39, 0.29) is 17.9 Å². The number of hydrogen-bond acceptors (Lipinski definition) is 12. The standard InChI is InChI=1S/C24H24ClN7O3S2/c25-14-6-19(16(7-26)30-8-14)37-23-22(33-10-13-4-2-1-3-5-13)20(21-18(35-23)11-34-21)32(29)9-15(27)17-12-36-24(28)31-17/h1-6,8-9,12,18,20-23H,10-11,27,29H2,(H2,28,31)/b15-9-. The summed E-state index contributed by atoms with van der Waals surface area (Å²) in [6.07, 6.45) is 1.90. The minimum Gasteiger partial charge on any atom is -0.396 e. The molecule has 2 aromatic heterocycles. The number of fused-ring (bicyclic) bond motifs is 1. The van der Waals surface area contributed by atoms with E-state index in [1.54, 1.807) is 17.6 Å². The monoisotopic (exact) mass is 557 g/mol. The van der Waals surface area contributed by atoms with Crippen molar-refractivity contribution in [2.24, 2.45) is 11.6 Å². The first-order chi connectivity index (χ1) is 17.9. The van der Waals surface area contributed by atoms with Gasteiger partial charge in [-0.25, -0.2) is 15.8 Å². The van der Waals surface area contributed by atoms with E-state index in [0.717, 1.165) is 5.56 Å². The quantitative estimate of drug-likeness (QED) is 0.276. The topological polar surface area (TPSA) is 159 Å². The second-order valence-corrected chi connectivity index (χ2v) is 10.9.